The molecule has 0 unspecified atom stereocenters. The second kappa shape index (κ2) is 5.21. The van der Waals surface area contributed by atoms with Crippen molar-refractivity contribution in [2.45, 2.75) is 19.9 Å². The summed E-state index contributed by atoms with van der Waals surface area (Å²) in [6, 6.07) is 10.5. The van der Waals surface area contributed by atoms with Gasteiger partial charge in [0.2, 0.25) is 0 Å². The lowest BCUT2D eigenvalue weighted by Gasteiger charge is -2.06. The van der Waals surface area contributed by atoms with Crippen LogP contribution >= 0.6 is 15.9 Å². The number of nitrogens with one attached hydrogen (secondary N) is 2. The molecule has 2 aromatic rings. The molecule has 0 aliphatic heterocycles. The Hall–Kier alpha value is -1.22. The van der Waals surface area contributed by atoms with Gasteiger partial charge in [0.15, 0.2) is 0 Å². The summed E-state index contributed by atoms with van der Waals surface area (Å²) in [4.78, 5) is 3.23. The van der Waals surface area contributed by atoms with Crippen LogP contribution in [0, 0.1) is 0 Å². The van der Waals surface area contributed by atoms with Crippen LogP contribution < -0.4 is 5.32 Å². The highest BCUT2D eigenvalue weighted by Crippen LogP contribution is 2.16. The number of H-pyrrole nitrogens is 1. The van der Waals surface area contributed by atoms with Gasteiger partial charge in [0.1, 0.15) is 0 Å². The van der Waals surface area contributed by atoms with Crippen LogP contribution in [-0.4, -0.2) is 4.98 Å². The van der Waals surface area contributed by atoms with Crippen molar-refractivity contribution in [3.8, 4) is 0 Å². The number of rotatable bonds is 4. The molecule has 0 saturated carbocycles. The van der Waals surface area contributed by atoms with E-state index in [0.29, 0.717) is 0 Å². The predicted octanol–water partition coefficient (Wildman–Crippen LogP) is 3.95. The molecule has 0 aliphatic rings. The van der Waals surface area contributed by atoms with Gasteiger partial charge in [-0.2, -0.15) is 0 Å². The molecule has 84 valence electrons. The van der Waals surface area contributed by atoms with Crippen LogP contribution in [0.4, 0.5) is 5.69 Å². The fourth-order valence-electron chi connectivity index (χ4n) is 1.66. The molecular weight excluding hydrogens is 264 g/mol. The lowest BCUT2D eigenvalue weighted by molar-refractivity contribution is 1.05. The molecule has 2 nitrogen and oxygen atoms in total. The molecule has 2 rings (SSSR count). The first-order valence-electron chi connectivity index (χ1n) is 5.44. The molecule has 0 amide bonds. The van der Waals surface area contributed by atoms with Gasteiger partial charge >= 0.3 is 0 Å². The van der Waals surface area contributed by atoms with E-state index in [2.05, 4.69) is 63.5 Å². The van der Waals surface area contributed by atoms with E-state index in [0.717, 1.165) is 17.4 Å². The van der Waals surface area contributed by atoms with E-state index < -0.39 is 0 Å². The number of aromatic nitrogens is 1. The summed E-state index contributed by atoms with van der Waals surface area (Å²) in [6.07, 6.45) is 3.00. The van der Waals surface area contributed by atoms with Gasteiger partial charge in [-0.25, -0.2) is 0 Å². The second-order valence-electron chi connectivity index (χ2n) is 3.70. The molecule has 1 heterocycles. The zero-order chi connectivity index (χ0) is 11.4. The standard InChI is InChI=1S/C13H15BrN2/c1-2-12-13(7-8-15-12)16-9-10-3-5-11(14)6-4-10/h3-8,15-16H,2,9H2,1H3. The third kappa shape index (κ3) is 2.67. The number of benzene rings is 1. The molecular formula is C13H15BrN2. The van der Waals surface area contributed by atoms with E-state index >= 15 is 0 Å². The SMILES string of the molecule is CCc1[nH]ccc1NCc1ccc(Br)cc1. The number of hydrogen-bond acceptors (Lipinski definition) is 1. The number of aromatic amines is 1. The predicted molar refractivity (Wildman–Crippen MR) is 71.6 cm³/mol. The van der Waals surface area contributed by atoms with Crippen molar-refractivity contribution in [1.29, 1.82) is 0 Å². The molecule has 0 fully saturated rings. The zero-order valence-electron chi connectivity index (χ0n) is 9.26. The van der Waals surface area contributed by atoms with Crippen molar-refractivity contribution in [2.75, 3.05) is 5.32 Å². The molecule has 0 radical (unpaired) electrons. The molecule has 0 aliphatic carbocycles. The molecule has 0 saturated heterocycles. The average Bonchev–Trinajstić information content (AvgIpc) is 2.76. The summed E-state index contributed by atoms with van der Waals surface area (Å²) in [5.41, 5.74) is 3.74. The molecule has 1 aromatic carbocycles. The van der Waals surface area contributed by atoms with Crippen LogP contribution in [0.25, 0.3) is 0 Å². The van der Waals surface area contributed by atoms with Gasteiger partial charge in [-0.1, -0.05) is 35.0 Å². The van der Waals surface area contributed by atoms with Crippen molar-refractivity contribution in [1.82, 2.24) is 4.98 Å². The van der Waals surface area contributed by atoms with Crippen LogP contribution in [-0.2, 0) is 13.0 Å². The van der Waals surface area contributed by atoms with Crippen molar-refractivity contribution < 1.29 is 0 Å². The third-order valence-electron chi connectivity index (χ3n) is 2.58. The van der Waals surface area contributed by atoms with Crippen LogP contribution in [0.2, 0.25) is 0 Å². The summed E-state index contributed by atoms with van der Waals surface area (Å²) < 4.78 is 1.12. The first-order chi connectivity index (χ1) is 7.79. The van der Waals surface area contributed by atoms with Gasteiger partial charge in [-0.3, -0.25) is 0 Å². The van der Waals surface area contributed by atoms with Crippen molar-refractivity contribution in [3.05, 3.63) is 52.3 Å². The van der Waals surface area contributed by atoms with Gasteiger partial charge in [-0.15, -0.1) is 0 Å². The highest BCUT2D eigenvalue weighted by Gasteiger charge is 2.00. The fraction of sp³-hybridized carbons (Fsp3) is 0.231. The van der Waals surface area contributed by atoms with Crippen LogP contribution in [0.1, 0.15) is 18.2 Å². The van der Waals surface area contributed by atoms with Gasteiger partial charge in [0.25, 0.3) is 0 Å². The highest BCUT2D eigenvalue weighted by molar-refractivity contribution is 9.10. The van der Waals surface area contributed by atoms with Crippen molar-refractivity contribution in [3.63, 3.8) is 0 Å². The van der Waals surface area contributed by atoms with Gasteiger partial charge < -0.3 is 10.3 Å². The average molecular weight is 279 g/mol. The fourth-order valence-corrected chi connectivity index (χ4v) is 1.93. The van der Waals surface area contributed by atoms with E-state index in [1.54, 1.807) is 0 Å². The van der Waals surface area contributed by atoms with Crippen LogP contribution in [0.15, 0.2) is 41.0 Å². The van der Waals surface area contributed by atoms with Crippen molar-refractivity contribution in [2.24, 2.45) is 0 Å². The van der Waals surface area contributed by atoms with Gasteiger partial charge in [0.05, 0.1) is 5.69 Å². The summed E-state index contributed by atoms with van der Waals surface area (Å²) in [6.45, 7) is 3.01. The number of aryl methyl sites for hydroxylation is 1. The normalized spacial score (nSPS) is 10.4. The van der Waals surface area contributed by atoms with E-state index in [9.17, 15) is 0 Å². The maximum Gasteiger partial charge on any atom is 0.0553 e. The largest absolute Gasteiger partial charge is 0.380 e. The first-order valence-corrected chi connectivity index (χ1v) is 6.23. The summed E-state index contributed by atoms with van der Waals surface area (Å²) in [5.74, 6) is 0. The Labute approximate surface area is 104 Å². The Bertz CT molecular complexity index is 445. The number of anilines is 1. The summed E-state index contributed by atoms with van der Waals surface area (Å²) in [7, 11) is 0. The Morgan fingerprint density at radius 3 is 2.62 bits per heavy atom. The Morgan fingerprint density at radius 2 is 1.94 bits per heavy atom. The topological polar surface area (TPSA) is 27.8 Å². The summed E-state index contributed by atoms with van der Waals surface area (Å²) in [5, 5.41) is 3.43. The molecule has 3 heteroatoms. The van der Waals surface area contributed by atoms with Gasteiger partial charge in [-0.05, 0) is 30.2 Å². The quantitative estimate of drug-likeness (QED) is 0.871. The Balaban J connectivity index is 1.99. The Kier molecular flexibility index (Phi) is 3.67. The molecule has 0 spiro atoms. The minimum Gasteiger partial charge on any atom is -0.380 e. The molecule has 16 heavy (non-hydrogen) atoms. The number of hydrogen-bond donors (Lipinski definition) is 2. The van der Waals surface area contributed by atoms with E-state index in [1.165, 1.54) is 16.9 Å². The highest BCUT2D eigenvalue weighted by atomic mass is 79.9. The van der Waals surface area contributed by atoms with E-state index in [4.69, 9.17) is 0 Å². The molecule has 2 N–H and O–H groups in total. The third-order valence-corrected chi connectivity index (χ3v) is 3.11. The molecule has 0 atom stereocenters. The van der Waals surface area contributed by atoms with Crippen LogP contribution in [0.3, 0.4) is 0 Å². The molecule has 0 bridgehead atoms. The zero-order valence-corrected chi connectivity index (χ0v) is 10.8. The van der Waals surface area contributed by atoms with E-state index in [-0.39, 0.29) is 0 Å². The second-order valence-corrected chi connectivity index (χ2v) is 4.62. The van der Waals surface area contributed by atoms with Gasteiger partial charge in [0, 0.05) is 22.9 Å². The first kappa shape index (κ1) is 11.3. The maximum atomic E-state index is 3.43. The summed E-state index contributed by atoms with van der Waals surface area (Å²) >= 11 is 3.43. The smallest absolute Gasteiger partial charge is 0.0553 e. The van der Waals surface area contributed by atoms with Crippen molar-refractivity contribution >= 4 is 21.6 Å². The lowest BCUT2D eigenvalue weighted by atomic mass is 10.2. The maximum absolute atomic E-state index is 3.43. The number of halogens is 1. The molecule has 1 aromatic heterocycles. The van der Waals surface area contributed by atoms with E-state index in [1.807, 2.05) is 6.20 Å². The monoisotopic (exact) mass is 278 g/mol. The Morgan fingerprint density at radius 1 is 1.19 bits per heavy atom. The lowest BCUT2D eigenvalue weighted by Crippen LogP contribution is -2.00. The van der Waals surface area contributed by atoms with Crippen LogP contribution in [0.5, 0.6) is 0 Å². The minimum atomic E-state index is 0.859. The minimum absolute atomic E-state index is 0.859.